The van der Waals surface area contributed by atoms with Crippen LogP contribution in [0.1, 0.15) is 11.6 Å². The van der Waals surface area contributed by atoms with Gasteiger partial charge in [0, 0.05) is 0 Å². The molecular weight excluding hydrogens is 194 g/mol. The minimum absolute atomic E-state index is 0. The Hall–Kier alpha value is -1.26. The highest BCUT2D eigenvalue weighted by atomic mass is 35.5. The molecule has 0 radical (unpaired) electrons. The first kappa shape index (κ1) is 11.7. The van der Waals surface area contributed by atoms with Gasteiger partial charge >= 0.3 is 5.97 Å². The summed E-state index contributed by atoms with van der Waals surface area (Å²) in [5.41, 5.74) is 5.78. The Morgan fingerprint density at radius 2 is 1.77 bits per heavy atom. The van der Waals surface area contributed by atoms with Crippen LogP contribution in [0, 0.1) is 0 Å². The zero-order valence-electron chi connectivity index (χ0n) is 6.68. The van der Waals surface area contributed by atoms with Crippen LogP contribution in [0.3, 0.4) is 0 Å². The Morgan fingerprint density at radius 3 is 2.15 bits per heavy atom. The number of hydrogen-bond donors (Lipinski definition) is 3. The Labute approximate surface area is 81.4 Å². The topological polar surface area (TPSA) is 83.6 Å². The van der Waals surface area contributed by atoms with Gasteiger partial charge < -0.3 is 15.9 Å². The van der Waals surface area contributed by atoms with E-state index < -0.39 is 12.0 Å². The maximum atomic E-state index is 10.4. The van der Waals surface area contributed by atoms with Crippen LogP contribution in [0.4, 0.5) is 0 Å². The van der Waals surface area contributed by atoms with Crippen LogP contribution in [0.25, 0.3) is 0 Å². The highest BCUT2D eigenvalue weighted by Crippen LogP contribution is 2.14. The van der Waals surface area contributed by atoms with E-state index >= 15 is 0 Å². The molecule has 0 aliphatic heterocycles. The number of carboxylic acid groups (broad SMARTS) is 1. The first-order valence-electron chi connectivity index (χ1n) is 3.38. The summed E-state index contributed by atoms with van der Waals surface area (Å²) in [7, 11) is 0. The molecule has 4 nitrogen and oxygen atoms in total. The van der Waals surface area contributed by atoms with Crippen molar-refractivity contribution in [2.24, 2.45) is 5.73 Å². The monoisotopic (exact) mass is 203 g/mol. The van der Waals surface area contributed by atoms with E-state index in [9.17, 15) is 4.79 Å². The fourth-order valence-electron chi connectivity index (χ4n) is 0.824. The molecule has 1 atom stereocenters. The number of carbonyl (C=O) groups is 1. The maximum absolute atomic E-state index is 10.4. The molecular formula is C8H10ClNO3. The third-order valence-corrected chi connectivity index (χ3v) is 1.52. The predicted molar refractivity (Wildman–Crippen MR) is 49.9 cm³/mol. The average Bonchev–Trinajstić information content (AvgIpc) is 2.04. The highest BCUT2D eigenvalue weighted by Gasteiger charge is 2.13. The third-order valence-electron chi connectivity index (χ3n) is 1.52. The summed E-state index contributed by atoms with van der Waals surface area (Å²) in [6.45, 7) is 0. The number of aromatic hydroxyl groups is 1. The lowest BCUT2D eigenvalue weighted by Gasteiger charge is -2.05. The van der Waals surface area contributed by atoms with Gasteiger partial charge in [0.15, 0.2) is 0 Å². The second-order valence-electron chi connectivity index (χ2n) is 2.41. The molecule has 0 aromatic heterocycles. The largest absolute Gasteiger partial charge is 0.508 e. The standard InChI is InChI=1S/C8H9NO3.ClH/c9-7(8(11)12)5-1-3-6(10)4-2-5;/h1-4,7,10H,9H2,(H,11,12);1H/t7-;/m0./s1. The van der Waals surface area contributed by atoms with Crippen LogP contribution in [-0.4, -0.2) is 16.2 Å². The van der Waals surface area contributed by atoms with E-state index in [0.717, 1.165) is 0 Å². The molecule has 0 aliphatic carbocycles. The molecule has 0 heterocycles. The molecule has 0 unspecified atom stereocenters. The van der Waals surface area contributed by atoms with Crippen molar-refractivity contribution in [1.82, 2.24) is 0 Å². The number of carboxylic acids is 1. The SMILES string of the molecule is Cl.N[C@H](C(=O)O)c1ccc(O)cc1. The van der Waals surface area contributed by atoms with Gasteiger partial charge in [0.25, 0.3) is 0 Å². The molecule has 0 saturated carbocycles. The minimum Gasteiger partial charge on any atom is -0.508 e. The number of phenolic OH excluding ortho intramolecular Hbond substituents is 1. The zero-order chi connectivity index (χ0) is 9.14. The average molecular weight is 204 g/mol. The van der Waals surface area contributed by atoms with Crippen LogP contribution in [0.5, 0.6) is 5.75 Å². The van der Waals surface area contributed by atoms with Gasteiger partial charge in [-0.25, -0.2) is 0 Å². The lowest BCUT2D eigenvalue weighted by molar-refractivity contribution is -0.138. The molecule has 0 bridgehead atoms. The second kappa shape index (κ2) is 4.69. The molecule has 1 aromatic carbocycles. The summed E-state index contributed by atoms with van der Waals surface area (Å²) in [4.78, 5) is 10.4. The highest BCUT2D eigenvalue weighted by molar-refractivity contribution is 5.85. The molecule has 4 N–H and O–H groups in total. The molecule has 5 heteroatoms. The number of phenols is 1. The van der Waals surface area contributed by atoms with Crippen molar-refractivity contribution in [3.05, 3.63) is 29.8 Å². The summed E-state index contributed by atoms with van der Waals surface area (Å²) in [6.07, 6.45) is 0. The van der Waals surface area contributed by atoms with Crippen LogP contribution in [0.15, 0.2) is 24.3 Å². The number of hydrogen-bond acceptors (Lipinski definition) is 3. The Balaban J connectivity index is 0.00000144. The minimum atomic E-state index is -1.08. The van der Waals surface area contributed by atoms with Crippen molar-refractivity contribution in [2.75, 3.05) is 0 Å². The molecule has 1 rings (SSSR count). The van der Waals surface area contributed by atoms with Crippen molar-refractivity contribution in [2.45, 2.75) is 6.04 Å². The van der Waals surface area contributed by atoms with Crippen LogP contribution in [0.2, 0.25) is 0 Å². The van der Waals surface area contributed by atoms with E-state index in [2.05, 4.69) is 0 Å². The predicted octanol–water partition coefficient (Wildman–Crippen LogP) is 0.898. The molecule has 0 saturated heterocycles. The Kier molecular flexibility index (Phi) is 4.23. The number of benzene rings is 1. The number of rotatable bonds is 2. The van der Waals surface area contributed by atoms with Gasteiger partial charge in [-0.3, -0.25) is 4.79 Å². The quantitative estimate of drug-likeness (QED) is 0.667. The zero-order valence-corrected chi connectivity index (χ0v) is 7.49. The van der Waals surface area contributed by atoms with Crippen molar-refractivity contribution >= 4 is 18.4 Å². The van der Waals surface area contributed by atoms with E-state index in [1.807, 2.05) is 0 Å². The van der Waals surface area contributed by atoms with E-state index in [1.165, 1.54) is 24.3 Å². The first-order valence-corrected chi connectivity index (χ1v) is 3.38. The Bertz CT molecular complexity index is 286. The second-order valence-corrected chi connectivity index (χ2v) is 2.41. The van der Waals surface area contributed by atoms with E-state index in [0.29, 0.717) is 5.56 Å². The number of nitrogens with two attached hydrogens (primary N) is 1. The number of halogens is 1. The van der Waals surface area contributed by atoms with Gasteiger partial charge in [-0.05, 0) is 17.7 Å². The van der Waals surface area contributed by atoms with E-state index in [-0.39, 0.29) is 18.2 Å². The smallest absolute Gasteiger partial charge is 0.325 e. The van der Waals surface area contributed by atoms with Crippen LogP contribution < -0.4 is 5.73 Å². The lowest BCUT2D eigenvalue weighted by Crippen LogP contribution is -2.20. The molecule has 1 aromatic rings. The van der Waals surface area contributed by atoms with Gasteiger partial charge in [-0.1, -0.05) is 12.1 Å². The van der Waals surface area contributed by atoms with Crippen molar-refractivity contribution in [1.29, 1.82) is 0 Å². The fourth-order valence-corrected chi connectivity index (χ4v) is 0.824. The number of aliphatic carboxylic acids is 1. The molecule has 72 valence electrons. The van der Waals surface area contributed by atoms with Gasteiger partial charge in [0.1, 0.15) is 11.8 Å². The maximum Gasteiger partial charge on any atom is 0.325 e. The summed E-state index contributed by atoms with van der Waals surface area (Å²) in [5, 5.41) is 17.4. The normalized spacial score (nSPS) is 11.5. The molecule has 0 fully saturated rings. The fraction of sp³-hybridized carbons (Fsp3) is 0.125. The Morgan fingerprint density at radius 1 is 1.31 bits per heavy atom. The van der Waals surface area contributed by atoms with Gasteiger partial charge in [-0.15, -0.1) is 12.4 Å². The summed E-state index contributed by atoms with van der Waals surface area (Å²) >= 11 is 0. The van der Waals surface area contributed by atoms with E-state index in [1.54, 1.807) is 0 Å². The van der Waals surface area contributed by atoms with Crippen molar-refractivity contribution in [3.8, 4) is 5.75 Å². The lowest BCUT2D eigenvalue weighted by atomic mass is 10.1. The van der Waals surface area contributed by atoms with Crippen molar-refractivity contribution in [3.63, 3.8) is 0 Å². The third kappa shape index (κ3) is 2.93. The van der Waals surface area contributed by atoms with Crippen LogP contribution >= 0.6 is 12.4 Å². The molecule has 0 aliphatic rings. The first-order chi connectivity index (χ1) is 5.61. The summed E-state index contributed by atoms with van der Waals surface area (Å²) in [6, 6.07) is 4.74. The molecule has 13 heavy (non-hydrogen) atoms. The van der Waals surface area contributed by atoms with E-state index in [4.69, 9.17) is 15.9 Å². The van der Waals surface area contributed by atoms with Gasteiger partial charge in [0.05, 0.1) is 0 Å². The van der Waals surface area contributed by atoms with Crippen molar-refractivity contribution < 1.29 is 15.0 Å². The van der Waals surface area contributed by atoms with Crippen LogP contribution in [-0.2, 0) is 4.79 Å². The van der Waals surface area contributed by atoms with Gasteiger partial charge in [-0.2, -0.15) is 0 Å². The molecule has 0 amide bonds. The van der Waals surface area contributed by atoms with Gasteiger partial charge in [0.2, 0.25) is 0 Å². The summed E-state index contributed by atoms with van der Waals surface area (Å²) in [5.74, 6) is -0.989. The molecule has 0 spiro atoms. The summed E-state index contributed by atoms with van der Waals surface area (Å²) < 4.78 is 0.